The average Bonchev–Trinajstić information content (AvgIpc) is 3.19. The fraction of sp³-hybridized carbons (Fsp3) is 0.455. The van der Waals surface area contributed by atoms with E-state index >= 15 is 0 Å². The van der Waals surface area contributed by atoms with Crippen molar-refractivity contribution < 1.29 is 9.18 Å². The Balaban J connectivity index is 1.51. The van der Waals surface area contributed by atoms with Gasteiger partial charge in [0.05, 0.1) is 5.56 Å². The van der Waals surface area contributed by atoms with E-state index in [1.165, 1.54) is 31.4 Å². The summed E-state index contributed by atoms with van der Waals surface area (Å²) in [7, 11) is 0. The summed E-state index contributed by atoms with van der Waals surface area (Å²) in [5, 5.41) is 3.56. The quantitative estimate of drug-likeness (QED) is 0.739. The third kappa shape index (κ3) is 4.30. The van der Waals surface area contributed by atoms with Gasteiger partial charge in [-0.3, -0.25) is 4.79 Å². The van der Waals surface area contributed by atoms with E-state index in [-0.39, 0.29) is 23.7 Å². The molecule has 1 N–H and O–H groups in total. The van der Waals surface area contributed by atoms with Crippen LogP contribution in [-0.4, -0.2) is 30.0 Å². The van der Waals surface area contributed by atoms with Crippen molar-refractivity contribution in [1.29, 1.82) is 0 Å². The third-order valence-electron chi connectivity index (χ3n) is 5.86. The van der Waals surface area contributed by atoms with Crippen molar-refractivity contribution in [2.24, 2.45) is 0 Å². The second-order valence-electron chi connectivity index (χ2n) is 7.80. The Morgan fingerprint density at radius 2 is 1.82 bits per heavy atom. The molecule has 6 heteroatoms. The highest BCUT2D eigenvalue weighted by Crippen LogP contribution is 2.32. The van der Waals surface area contributed by atoms with Gasteiger partial charge in [0.1, 0.15) is 16.8 Å². The fourth-order valence-corrected chi connectivity index (χ4v) is 4.46. The fourth-order valence-electron chi connectivity index (χ4n) is 4.31. The van der Waals surface area contributed by atoms with E-state index in [9.17, 15) is 9.18 Å². The van der Waals surface area contributed by atoms with Crippen LogP contribution in [0.4, 0.5) is 10.2 Å². The molecule has 0 bridgehead atoms. The summed E-state index contributed by atoms with van der Waals surface area (Å²) in [6.45, 7) is 1.53. The molecule has 2 aromatic rings. The van der Waals surface area contributed by atoms with Crippen LogP contribution in [-0.2, 0) is 0 Å². The summed E-state index contributed by atoms with van der Waals surface area (Å²) in [4.78, 5) is 19.5. The van der Waals surface area contributed by atoms with Gasteiger partial charge in [0.2, 0.25) is 0 Å². The number of benzene rings is 1. The number of pyridine rings is 1. The highest BCUT2D eigenvalue weighted by Gasteiger charge is 2.29. The van der Waals surface area contributed by atoms with Crippen LogP contribution in [0.3, 0.4) is 0 Å². The van der Waals surface area contributed by atoms with Crippen molar-refractivity contribution in [3.8, 4) is 0 Å². The SMILES string of the molecule is O=C(NC1CCCCC1)c1ccc(Cl)nc1N1CCC(c2ccc(F)cc2)C1. The van der Waals surface area contributed by atoms with Crippen LogP contribution >= 0.6 is 11.6 Å². The van der Waals surface area contributed by atoms with E-state index in [0.717, 1.165) is 37.9 Å². The molecule has 1 amide bonds. The number of anilines is 1. The van der Waals surface area contributed by atoms with Crippen molar-refractivity contribution in [3.05, 3.63) is 58.5 Å². The average molecular weight is 402 g/mol. The topological polar surface area (TPSA) is 45.2 Å². The predicted molar refractivity (Wildman–Crippen MR) is 110 cm³/mol. The molecule has 2 fully saturated rings. The molecular weight excluding hydrogens is 377 g/mol. The first-order chi connectivity index (χ1) is 13.6. The highest BCUT2D eigenvalue weighted by atomic mass is 35.5. The summed E-state index contributed by atoms with van der Waals surface area (Å²) >= 11 is 6.15. The summed E-state index contributed by atoms with van der Waals surface area (Å²) < 4.78 is 13.2. The summed E-state index contributed by atoms with van der Waals surface area (Å²) in [5.41, 5.74) is 1.69. The minimum Gasteiger partial charge on any atom is -0.355 e. The molecule has 4 nitrogen and oxygen atoms in total. The van der Waals surface area contributed by atoms with Crippen LogP contribution in [0.2, 0.25) is 5.15 Å². The lowest BCUT2D eigenvalue weighted by atomic mass is 9.95. The van der Waals surface area contributed by atoms with Gasteiger partial charge in [-0.2, -0.15) is 0 Å². The number of halogens is 2. The number of nitrogens with zero attached hydrogens (tertiary/aromatic N) is 2. The van der Waals surface area contributed by atoms with Gasteiger partial charge in [0, 0.05) is 25.0 Å². The number of carbonyl (C=O) groups excluding carboxylic acids is 1. The van der Waals surface area contributed by atoms with E-state index in [0.29, 0.717) is 16.5 Å². The lowest BCUT2D eigenvalue weighted by molar-refractivity contribution is 0.0928. The number of nitrogens with one attached hydrogen (secondary N) is 1. The molecule has 148 valence electrons. The maximum atomic E-state index is 13.2. The van der Waals surface area contributed by atoms with Crippen LogP contribution in [0.5, 0.6) is 0 Å². The normalized spacial score (nSPS) is 20.4. The zero-order valence-electron chi connectivity index (χ0n) is 15.8. The second kappa shape index (κ2) is 8.48. The number of hydrogen-bond acceptors (Lipinski definition) is 3. The van der Waals surface area contributed by atoms with E-state index in [4.69, 9.17) is 11.6 Å². The van der Waals surface area contributed by atoms with E-state index in [1.54, 1.807) is 12.1 Å². The lowest BCUT2D eigenvalue weighted by Gasteiger charge is -2.25. The number of aromatic nitrogens is 1. The second-order valence-corrected chi connectivity index (χ2v) is 8.18. The minimum absolute atomic E-state index is 0.0729. The highest BCUT2D eigenvalue weighted by molar-refractivity contribution is 6.29. The van der Waals surface area contributed by atoms with Crippen LogP contribution < -0.4 is 10.2 Å². The molecule has 4 rings (SSSR count). The molecule has 1 aromatic heterocycles. The zero-order chi connectivity index (χ0) is 19.5. The Hall–Kier alpha value is -2.14. The van der Waals surface area contributed by atoms with Gasteiger partial charge < -0.3 is 10.2 Å². The molecule has 1 aromatic carbocycles. The Kier molecular flexibility index (Phi) is 5.81. The van der Waals surface area contributed by atoms with Gasteiger partial charge in [-0.25, -0.2) is 9.37 Å². The molecule has 2 heterocycles. The standard InChI is InChI=1S/C22H25ClFN3O/c23-20-11-10-19(22(28)25-18-4-2-1-3-5-18)21(26-20)27-13-12-16(14-27)15-6-8-17(24)9-7-15/h6-11,16,18H,1-5,12-14H2,(H,25,28). The first-order valence-electron chi connectivity index (χ1n) is 10.1. The number of amides is 1. The van der Waals surface area contributed by atoms with Crippen molar-refractivity contribution in [3.63, 3.8) is 0 Å². The molecule has 1 atom stereocenters. The Morgan fingerprint density at radius 3 is 2.57 bits per heavy atom. The molecule has 28 heavy (non-hydrogen) atoms. The van der Waals surface area contributed by atoms with E-state index < -0.39 is 0 Å². The molecule has 0 radical (unpaired) electrons. The van der Waals surface area contributed by atoms with Crippen LogP contribution in [0.15, 0.2) is 36.4 Å². The van der Waals surface area contributed by atoms with Crippen molar-refractivity contribution in [1.82, 2.24) is 10.3 Å². The van der Waals surface area contributed by atoms with Crippen LogP contribution in [0.1, 0.15) is 60.4 Å². The van der Waals surface area contributed by atoms with Crippen LogP contribution in [0, 0.1) is 5.82 Å². The van der Waals surface area contributed by atoms with Gasteiger partial charge in [-0.1, -0.05) is 43.0 Å². The minimum atomic E-state index is -0.225. The number of hydrogen-bond donors (Lipinski definition) is 1. The largest absolute Gasteiger partial charge is 0.355 e. The van der Waals surface area contributed by atoms with Gasteiger partial charge >= 0.3 is 0 Å². The lowest BCUT2D eigenvalue weighted by Crippen LogP contribution is -2.37. The van der Waals surface area contributed by atoms with Gasteiger partial charge in [0.15, 0.2) is 0 Å². The molecule has 1 aliphatic heterocycles. The first kappa shape index (κ1) is 19.2. The van der Waals surface area contributed by atoms with Crippen molar-refractivity contribution in [2.45, 2.75) is 50.5 Å². The molecular formula is C22H25ClFN3O. The molecule has 1 unspecified atom stereocenters. The van der Waals surface area contributed by atoms with Gasteiger partial charge in [-0.05, 0) is 49.1 Å². The Labute approximate surface area is 170 Å². The molecule has 2 aliphatic rings. The molecule has 1 saturated carbocycles. The first-order valence-corrected chi connectivity index (χ1v) is 10.5. The van der Waals surface area contributed by atoms with E-state index in [2.05, 4.69) is 15.2 Å². The Morgan fingerprint density at radius 1 is 1.07 bits per heavy atom. The van der Waals surface area contributed by atoms with Crippen LogP contribution in [0.25, 0.3) is 0 Å². The third-order valence-corrected chi connectivity index (χ3v) is 6.07. The van der Waals surface area contributed by atoms with E-state index in [1.807, 2.05) is 12.1 Å². The summed E-state index contributed by atoms with van der Waals surface area (Å²) in [6, 6.07) is 10.4. The number of rotatable bonds is 4. The molecule has 0 spiro atoms. The maximum absolute atomic E-state index is 13.2. The smallest absolute Gasteiger partial charge is 0.255 e. The van der Waals surface area contributed by atoms with Crippen molar-refractivity contribution >= 4 is 23.3 Å². The predicted octanol–water partition coefficient (Wildman–Crippen LogP) is 4.93. The Bertz CT molecular complexity index is 836. The zero-order valence-corrected chi connectivity index (χ0v) is 16.6. The van der Waals surface area contributed by atoms with Crippen molar-refractivity contribution in [2.75, 3.05) is 18.0 Å². The van der Waals surface area contributed by atoms with Gasteiger partial charge in [-0.15, -0.1) is 0 Å². The maximum Gasteiger partial charge on any atom is 0.255 e. The number of carbonyl (C=O) groups is 1. The molecule has 1 aliphatic carbocycles. The summed E-state index contributed by atoms with van der Waals surface area (Å²) in [6.07, 6.45) is 6.60. The monoisotopic (exact) mass is 401 g/mol. The molecule has 1 saturated heterocycles. The van der Waals surface area contributed by atoms with Gasteiger partial charge in [0.25, 0.3) is 5.91 Å². The summed E-state index contributed by atoms with van der Waals surface area (Å²) in [5.74, 6) is 0.633.